The van der Waals surface area contributed by atoms with Crippen LogP contribution in [0, 0.1) is 5.92 Å². The van der Waals surface area contributed by atoms with Crippen LogP contribution < -0.4 is 27.3 Å². The van der Waals surface area contributed by atoms with E-state index < -0.39 is 0 Å². The summed E-state index contributed by atoms with van der Waals surface area (Å²) in [6.45, 7) is 8.38. The Morgan fingerprint density at radius 1 is 1.38 bits per heavy atom. The molecule has 6 nitrogen and oxygen atoms in total. The molecule has 116 valence electrons. The topological polar surface area (TPSA) is 91.7 Å². The van der Waals surface area contributed by atoms with Crippen molar-refractivity contribution < 1.29 is 0 Å². The highest BCUT2D eigenvalue weighted by Crippen LogP contribution is 2.24. The van der Waals surface area contributed by atoms with Crippen molar-refractivity contribution in [1.29, 1.82) is 0 Å². The third kappa shape index (κ3) is 4.09. The van der Waals surface area contributed by atoms with Crippen molar-refractivity contribution >= 4 is 11.5 Å². The van der Waals surface area contributed by atoms with E-state index in [4.69, 9.17) is 11.6 Å². The monoisotopic (exact) mass is 290 g/mol. The van der Waals surface area contributed by atoms with E-state index in [0.717, 1.165) is 43.9 Å². The Balaban J connectivity index is 2.36. The van der Waals surface area contributed by atoms with Crippen LogP contribution in [0.1, 0.15) is 25.0 Å². The van der Waals surface area contributed by atoms with Crippen LogP contribution in [0.5, 0.6) is 0 Å². The maximum Gasteiger partial charge on any atom is 0.154 e. The zero-order valence-electron chi connectivity index (χ0n) is 12.9. The average Bonchev–Trinajstić information content (AvgIpc) is 2.47. The Morgan fingerprint density at radius 2 is 2.10 bits per heavy atom. The number of hydrazone groups is 1. The Morgan fingerprint density at radius 3 is 2.71 bits per heavy atom. The number of hydrogen-bond donors (Lipinski definition) is 4. The highest BCUT2D eigenvalue weighted by atomic mass is 15.5. The van der Waals surface area contributed by atoms with Gasteiger partial charge in [0, 0.05) is 37.4 Å². The van der Waals surface area contributed by atoms with Gasteiger partial charge in [-0.1, -0.05) is 19.9 Å². The van der Waals surface area contributed by atoms with Crippen molar-refractivity contribution in [3.63, 3.8) is 0 Å². The van der Waals surface area contributed by atoms with Gasteiger partial charge in [-0.2, -0.15) is 0 Å². The number of hydrogen-bond acceptors (Lipinski definition) is 5. The molecule has 1 heterocycles. The lowest BCUT2D eigenvalue weighted by atomic mass is 9.99. The maximum absolute atomic E-state index is 6.03. The Labute approximate surface area is 126 Å². The van der Waals surface area contributed by atoms with Crippen molar-refractivity contribution in [3.05, 3.63) is 29.3 Å². The second kappa shape index (κ2) is 7.28. The van der Waals surface area contributed by atoms with E-state index in [2.05, 4.69) is 46.8 Å². The van der Waals surface area contributed by atoms with Crippen LogP contribution in [0.15, 0.2) is 23.3 Å². The van der Waals surface area contributed by atoms with Crippen molar-refractivity contribution in [2.24, 2.45) is 22.6 Å². The molecule has 1 fully saturated rings. The molecule has 0 amide bonds. The highest BCUT2D eigenvalue weighted by molar-refractivity contribution is 6.02. The van der Waals surface area contributed by atoms with Gasteiger partial charge in [0.05, 0.1) is 0 Å². The number of hydrazine groups is 1. The molecule has 0 aromatic heterocycles. The summed E-state index contributed by atoms with van der Waals surface area (Å²) in [6.07, 6.45) is 1.06. The molecule has 6 N–H and O–H groups in total. The Bertz CT molecular complexity index is 491. The second-order valence-electron chi connectivity index (χ2n) is 5.81. The fourth-order valence-corrected chi connectivity index (χ4v) is 2.69. The van der Waals surface area contributed by atoms with Crippen molar-refractivity contribution in [1.82, 2.24) is 10.9 Å². The number of nitrogens with zero attached hydrogens (tertiary/aromatic N) is 2. The van der Waals surface area contributed by atoms with Crippen molar-refractivity contribution in [2.45, 2.75) is 20.3 Å². The van der Waals surface area contributed by atoms with E-state index in [1.807, 2.05) is 6.07 Å². The van der Waals surface area contributed by atoms with Crippen LogP contribution in [-0.4, -0.2) is 32.0 Å². The Hall–Kier alpha value is -1.79. The predicted octanol–water partition coefficient (Wildman–Crippen LogP) is 0.378. The molecule has 1 aromatic carbocycles. The van der Waals surface area contributed by atoms with Crippen molar-refractivity contribution in [2.75, 3.05) is 31.1 Å². The van der Waals surface area contributed by atoms with E-state index in [0.29, 0.717) is 11.8 Å². The third-order valence-corrected chi connectivity index (χ3v) is 3.62. The summed E-state index contributed by atoms with van der Waals surface area (Å²) in [4.78, 5) is 2.36. The fraction of sp³-hybridized carbons (Fsp3) is 0.533. The van der Waals surface area contributed by atoms with Gasteiger partial charge < -0.3 is 16.0 Å². The Kier molecular flexibility index (Phi) is 5.41. The van der Waals surface area contributed by atoms with Crippen molar-refractivity contribution in [3.8, 4) is 0 Å². The number of amidine groups is 1. The molecule has 0 unspecified atom stereocenters. The van der Waals surface area contributed by atoms with Gasteiger partial charge in [0.15, 0.2) is 5.84 Å². The summed E-state index contributed by atoms with van der Waals surface area (Å²) in [5, 5.41) is 7.29. The van der Waals surface area contributed by atoms with Crippen LogP contribution >= 0.6 is 0 Å². The highest BCUT2D eigenvalue weighted by Gasteiger charge is 2.17. The van der Waals surface area contributed by atoms with Gasteiger partial charge in [-0.3, -0.25) is 0 Å². The standard InChI is InChI=1S/C15H26N6/c1-11(2)9-12-3-4-13(15(16)19-20-17)14(10-12)21-7-5-18-6-8-21/h3-4,10-11,18,20H,5-9,17H2,1-2H3,(H2,16,19). The molecule has 1 aliphatic rings. The molecule has 0 bridgehead atoms. The second-order valence-corrected chi connectivity index (χ2v) is 5.81. The number of piperazine rings is 1. The van der Waals surface area contributed by atoms with Gasteiger partial charge in [-0.05, 0) is 30.0 Å². The van der Waals surface area contributed by atoms with Crippen LogP contribution in [0.2, 0.25) is 0 Å². The third-order valence-electron chi connectivity index (χ3n) is 3.62. The zero-order chi connectivity index (χ0) is 15.2. The van der Waals surface area contributed by atoms with E-state index in [1.165, 1.54) is 5.56 Å². The first-order valence-electron chi connectivity index (χ1n) is 7.49. The molecule has 21 heavy (non-hydrogen) atoms. The van der Waals surface area contributed by atoms with Crippen LogP contribution in [0.25, 0.3) is 0 Å². The summed E-state index contributed by atoms with van der Waals surface area (Å²) < 4.78 is 0. The minimum absolute atomic E-state index is 0.419. The zero-order valence-corrected chi connectivity index (χ0v) is 12.9. The van der Waals surface area contributed by atoms with Crippen LogP contribution in [0.3, 0.4) is 0 Å². The molecule has 0 aliphatic carbocycles. The molecule has 6 heteroatoms. The molecule has 0 radical (unpaired) electrons. The first kappa shape index (κ1) is 15.6. The molecule has 0 atom stereocenters. The number of nitrogens with one attached hydrogen (secondary N) is 2. The van der Waals surface area contributed by atoms with Gasteiger partial charge >= 0.3 is 0 Å². The number of anilines is 1. The molecular weight excluding hydrogens is 264 g/mol. The van der Waals surface area contributed by atoms with Crippen LogP contribution in [-0.2, 0) is 6.42 Å². The lowest BCUT2D eigenvalue weighted by molar-refractivity contribution is 0.588. The van der Waals surface area contributed by atoms with Crippen LogP contribution in [0.4, 0.5) is 5.69 Å². The first-order valence-corrected chi connectivity index (χ1v) is 7.49. The molecule has 1 aliphatic heterocycles. The van der Waals surface area contributed by atoms with E-state index in [9.17, 15) is 0 Å². The van der Waals surface area contributed by atoms with E-state index in [1.54, 1.807) is 0 Å². The fourth-order valence-electron chi connectivity index (χ4n) is 2.69. The minimum atomic E-state index is 0.419. The lowest BCUT2D eigenvalue weighted by Gasteiger charge is -2.31. The molecule has 1 saturated heterocycles. The summed E-state index contributed by atoms with van der Waals surface area (Å²) in [5.74, 6) is 6.30. The number of rotatable bonds is 5. The van der Waals surface area contributed by atoms with Gasteiger partial charge in [0.1, 0.15) is 0 Å². The largest absolute Gasteiger partial charge is 0.382 e. The van der Waals surface area contributed by atoms with Gasteiger partial charge in [0.25, 0.3) is 0 Å². The summed E-state index contributed by atoms with van der Waals surface area (Å²) in [7, 11) is 0. The summed E-state index contributed by atoms with van der Waals surface area (Å²) in [5.41, 5.74) is 11.7. The van der Waals surface area contributed by atoms with Gasteiger partial charge in [-0.15, -0.1) is 5.10 Å². The lowest BCUT2D eigenvalue weighted by Crippen LogP contribution is -2.44. The maximum atomic E-state index is 6.03. The quantitative estimate of drug-likeness (QED) is 0.272. The average molecular weight is 290 g/mol. The summed E-state index contributed by atoms with van der Waals surface area (Å²) in [6, 6.07) is 6.41. The smallest absolute Gasteiger partial charge is 0.154 e. The molecule has 0 spiro atoms. The number of nitrogens with two attached hydrogens (primary N) is 2. The minimum Gasteiger partial charge on any atom is -0.382 e. The molecule has 2 rings (SSSR count). The van der Waals surface area contributed by atoms with E-state index in [-0.39, 0.29) is 0 Å². The molecular formula is C15H26N6. The normalized spacial score (nSPS) is 16.4. The van der Waals surface area contributed by atoms with Gasteiger partial charge in [0.2, 0.25) is 0 Å². The SMILES string of the molecule is CC(C)Cc1ccc(/C(N)=N/NN)c(N2CCNCC2)c1. The molecule has 1 aromatic rings. The first-order chi connectivity index (χ1) is 10.1. The summed E-state index contributed by atoms with van der Waals surface area (Å²) >= 11 is 0. The van der Waals surface area contributed by atoms with E-state index >= 15 is 0 Å². The number of benzene rings is 1. The predicted molar refractivity (Wildman–Crippen MR) is 88.1 cm³/mol. The molecule has 0 saturated carbocycles. The van der Waals surface area contributed by atoms with Gasteiger partial charge in [-0.25, -0.2) is 11.4 Å².